The Hall–Kier alpha value is -1.78. The quantitative estimate of drug-likeness (QED) is 0.223. The van der Waals surface area contributed by atoms with Crippen LogP contribution in [0, 0.1) is 0 Å². The fraction of sp³-hybridized carbons (Fsp3) is 0.655. The molecule has 3 aliphatic heterocycles. The van der Waals surface area contributed by atoms with Crippen LogP contribution < -0.4 is 0 Å². The second kappa shape index (κ2) is 15.1. The lowest BCUT2D eigenvalue weighted by atomic mass is 9.94. The van der Waals surface area contributed by atoms with Crippen molar-refractivity contribution in [3.05, 3.63) is 44.8 Å². The van der Waals surface area contributed by atoms with Crippen molar-refractivity contribution >= 4 is 34.6 Å². The molecule has 3 aliphatic rings. The minimum atomic E-state index is -1.80. The lowest BCUT2D eigenvalue weighted by Crippen LogP contribution is -2.64. The van der Waals surface area contributed by atoms with Crippen molar-refractivity contribution in [3.63, 3.8) is 0 Å². The van der Waals surface area contributed by atoms with Crippen LogP contribution >= 0.6 is 22.7 Å². The van der Waals surface area contributed by atoms with Gasteiger partial charge in [0.15, 0.2) is 6.54 Å². The number of aliphatic hydroxyl groups is 1. The predicted octanol–water partition coefficient (Wildman–Crippen LogP) is 6.73. The van der Waals surface area contributed by atoms with E-state index < -0.39 is 11.6 Å². The number of nitrogens with zero attached hydrogens (tertiary/aromatic N) is 1. The molecule has 0 aromatic carbocycles. The number of esters is 2. The van der Waals surface area contributed by atoms with Crippen molar-refractivity contribution in [2.45, 2.75) is 108 Å². The molecule has 5 rings (SSSR count). The van der Waals surface area contributed by atoms with Crippen LogP contribution in [0.5, 0.6) is 0 Å². The molecule has 2 aromatic rings. The summed E-state index contributed by atoms with van der Waals surface area (Å²) in [6, 6.07) is 7.29. The number of carbonyl (C=O) groups excluding carboxylic acids is 2. The molecular weight excluding hydrogens is 522 g/mol. The molecule has 5 heterocycles. The first-order valence-corrected chi connectivity index (χ1v) is 12.3. The van der Waals surface area contributed by atoms with E-state index in [9.17, 15) is 14.7 Å². The number of fused-ring (bicyclic) bond motifs is 5. The summed E-state index contributed by atoms with van der Waals surface area (Å²) in [7, 11) is 2.08. The Balaban J connectivity index is -0.00000175. The Morgan fingerprint density at radius 3 is 1.84 bits per heavy atom. The van der Waals surface area contributed by atoms with Crippen LogP contribution in [-0.2, 0) is 29.4 Å². The van der Waals surface area contributed by atoms with E-state index >= 15 is 0 Å². The molecule has 1 N–H and O–H groups in total. The van der Waals surface area contributed by atoms with Crippen molar-refractivity contribution in [3.8, 4) is 0 Å². The van der Waals surface area contributed by atoms with E-state index in [1.807, 2.05) is 22.9 Å². The van der Waals surface area contributed by atoms with Gasteiger partial charge in [0, 0.05) is 12.8 Å². The van der Waals surface area contributed by atoms with E-state index in [0.717, 1.165) is 0 Å². The van der Waals surface area contributed by atoms with E-state index in [-0.39, 0.29) is 88.4 Å². The summed E-state index contributed by atoms with van der Waals surface area (Å²) in [5, 5.41) is 15.2. The zero-order chi connectivity index (χ0) is 21.8. The maximum Gasteiger partial charge on any atom is 0.361 e. The van der Waals surface area contributed by atoms with Crippen LogP contribution in [0.25, 0.3) is 0 Å². The summed E-state index contributed by atoms with van der Waals surface area (Å²) in [4.78, 5) is 26.6. The number of thiophene rings is 2. The summed E-state index contributed by atoms with van der Waals surface area (Å²) >= 11 is 2.66. The number of ether oxygens (including phenoxy) is 3. The second-order valence-corrected chi connectivity index (χ2v) is 10.6. The molecule has 9 heteroatoms. The number of likely N-dealkylation sites (N-methyl/N-ethyl adjacent to an activating group) is 1. The van der Waals surface area contributed by atoms with Crippen LogP contribution in [0.15, 0.2) is 35.0 Å². The normalized spacial score (nSPS) is 27.4. The maximum absolute atomic E-state index is 13.3. The zero-order valence-electron chi connectivity index (χ0n) is 17.4. The molecule has 0 amide bonds. The second-order valence-electron chi connectivity index (χ2n) is 8.67. The highest BCUT2D eigenvalue weighted by Gasteiger charge is 2.72. The molecule has 3 fully saturated rings. The van der Waals surface area contributed by atoms with Gasteiger partial charge in [-0.15, -0.1) is 22.7 Å². The van der Waals surface area contributed by atoms with E-state index in [2.05, 4.69) is 7.05 Å². The van der Waals surface area contributed by atoms with Crippen molar-refractivity contribution in [1.29, 1.82) is 0 Å². The SMILES string of the molecule is C.C.C.C.C.C.C.CCOC(=O)C[N+]1(C)C2CC(OC(=O)C(O)(c3cccs3)c3cccs3)CC1[C@@H]1O[C@H]21. The third-order valence-corrected chi connectivity index (χ3v) is 8.90. The topological polar surface area (TPSA) is 85.4 Å². The lowest BCUT2D eigenvalue weighted by Gasteiger charge is -2.47. The number of epoxide rings is 1. The Kier molecular flexibility index (Phi) is 16.2. The van der Waals surface area contributed by atoms with Gasteiger partial charge in [0.2, 0.25) is 5.60 Å². The highest BCUT2D eigenvalue weighted by Crippen LogP contribution is 2.53. The molecule has 4 unspecified atom stereocenters. The number of piperidine rings is 1. The average Bonchev–Trinajstić information content (AvgIpc) is 3.10. The first kappa shape index (κ1) is 40.7. The largest absolute Gasteiger partial charge is 0.462 e. The van der Waals surface area contributed by atoms with Crippen LogP contribution in [0.2, 0.25) is 0 Å². The Labute approximate surface area is 240 Å². The van der Waals surface area contributed by atoms with Gasteiger partial charge >= 0.3 is 11.9 Å². The fourth-order valence-electron chi connectivity index (χ4n) is 5.40. The highest BCUT2D eigenvalue weighted by molar-refractivity contribution is 7.12. The third-order valence-electron chi connectivity index (χ3n) is 6.94. The molecule has 2 aromatic heterocycles. The van der Waals surface area contributed by atoms with Gasteiger partial charge in [0.1, 0.15) is 30.4 Å². The van der Waals surface area contributed by atoms with Crippen LogP contribution in [0.3, 0.4) is 0 Å². The summed E-state index contributed by atoms with van der Waals surface area (Å²) in [6.45, 7) is 2.47. The zero-order valence-corrected chi connectivity index (χ0v) is 19.1. The Morgan fingerprint density at radius 2 is 1.45 bits per heavy atom. The minimum Gasteiger partial charge on any atom is -0.462 e. The standard InChI is InChI=1S/C22H26NO6S2.7CH4/c1-3-27-18(24)12-23(2)14-10-13(11-15(23)20-19(14)29-20)28-21(25)22(26,16-6-4-8-30-16)17-7-5-9-31-17;;;;;;;/h4-9,13-15,19-20,26H,3,10-12H2,1-2H3;7*1H4/q+1;;;;;;;/t13?,14?,15?,19-,20+,23?;;;;;;;. The molecule has 38 heavy (non-hydrogen) atoms. The van der Waals surface area contributed by atoms with Crippen molar-refractivity contribution < 1.29 is 33.4 Å². The summed E-state index contributed by atoms with van der Waals surface area (Å²) in [5.74, 6) is -0.848. The molecule has 7 nitrogen and oxygen atoms in total. The van der Waals surface area contributed by atoms with Gasteiger partial charge in [0.25, 0.3) is 0 Å². The Morgan fingerprint density at radius 1 is 0.974 bits per heavy atom. The Bertz CT molecular complexity index is 910. The fourth-order valence-corrected chi connectivity index (χ4v) is 7.12. The van der Waals surface area contributed by atoms with Crippen LogP contribution in [-0.4, -0.2) is 72.1 Å². The van der Waals surface area contributed by atoms with Crippen LogP contribution in [0.4, 0.5) is 0 Å². The van der Waals surface area contributed by atoms with Crippen molar-refractivity contribution in [1.82, 2.24) is 0 Å². The average molecular weight is 577 g/mol. The number of rotatable bonds is 7. The number of quaternary nitrogens is 1. The van der Waals surface area contributed by atoms with Crippen molar-refractivity contribution in [2.24, 2.45) is 0 Å². The van der Waals surface area contributed by atoms with E-state index in [0.29, 0.717) is 40.2 Å². The minimum absolute atomic E-state index is 0. The predicted molar refractivity (Wildman–Crippen MR) is 162 cm³/mol. The molecule has 0 radical (unpaired) electrons. The van der Waals surface area contributed by atoms with Crippen LogP contribution in [0.1, 0.15) is 81.5 Å². The highest BCUT2D eigenvalue weighted by atomic mass is 32.1. The van der Waals surface area contributed by atoms with Gasteiger partial charge < -0.3 is 23.8 Å². The number of carbonyl (C=O) groups is 2. The van der Waals surface area contributed by atoms with Gasteiger partial charge in [-0.05, 0) is 29.8 Å². The van der Waals surface area contributed by atoms with E-state index in [1.54, 1.807) is 19.1 Å². The number of hydrogen-bond acceptors (Lipinski definition) is 8. The summed E-state index contributed by atoms with van der Waals surface area (Å²) < 4.78 is 17.5. The van der Waals surface area contributed by atoms with E-state index in [1.165, 1.54) is 22.7 Å². The molecule has 0 saturated carbocycles. The monoisotopic (exact) mass is 576 g/mol. The van der Waals surface area contributed by atoms with E-state index in [4.69, 9.17) is 14.2 Å². The molecule has 3 saturated heterocycles. The molecule has 2 bridgehead atoms. The molecular formula is C29H54NO6S2+. The molecule has 0 aliphatic carbocycles. The van der Waals surface area contributed by atoms with Gasteiger partial charge in [-0.1, -0.05) is 64.1 Å². The van der Waals surface area contributed by atoms with Gasteiger partial charge in [-0.3, -0.25) is 0 Å². The molecule has 0 spiro atoms. The van der Waals surface area contributed by atoms with Gasteiger partial charge in [-0.25, -0.2) is 9.59 Å². The van der Waals surface area contributed by atoms with Gasteiger partial charge in [-0.2, -0.15) is 0 Å². The van der Waals surface area contributed by atoms with Gasteiger partial charge in [0.05, 0.1) is 23.4 Å². The van der Waals surface area contributed by atoms with Crippen molar-refractivity contribution in [2.75, 3.05) is 20.2 Å². The first-order chi connectivity index (χ1) is 14.9. The lowest BCUT2D eigenvalue weighted by molar-refractivity contribution is -0.949. The number of hydrogen-bond donors (Lipinski definition) is 1. The maximum atomic E-state index is 13.3. The third kappa shape index (κ3) is 6.50. The summed E-state index contributed by atoms with van der Waals surface area (Å²) in [5.41, 5.74) is -1.80. The number of morpholine rings is 1. The summed E-state index contributed by atoms with van der Waals surface area (Å²) in [6.07, 6.45) is 1.08. The molecule has 222 valence electrons. The smallest absolute Gasteiger partial charge is 0.361 e. The first-order valence-electron chi connectivity index (χ1n) is 10.5. The molecule has 6 atom stereocenters.